The highest BCUT2D eigenvalue weighted by molar-refractivity contribution is 9.10. The number of anilines is 1. The number of rotatable bonds is 3. The molecule has 4 nitrogen and oxygen atoms in total. The second-order valence-electron chi connectivity index (χ2n) is 5.47. The number of carbonyl (C=O) groups is 1. The molecule has 0 atom stereocenters. The van der Waals surface area contributed by atoms with E-state index in [-0.39, 0.29) is 5.69 Å². The van der Waals surface area contributed by atoms with Crippen molar-refractivity contribution in [3.63, 3.8) is 0 Å². The number of amides is 1. The van der Waals surface area contributed by atoms with Gasteiger partial charge in [-0.1, -0.05) is 22.0 Å². The summed E-state index contributed by atoms with van der Waals surface area (Å²) in [6.45, 7) is 3.59. The van der Waals surface area contributed by atoms with Crippen LogP contribution in [0.4, 0.5) is 10.1 Å². The third-order valence-corrected chi connectivity index (χ3v) is 4.23. The Morgan fingerprint density at radius 1 is 1.17 bits per heavy atom. The average molecular weight is 388 g/mol. The normalized spacial score (nSPS) is 10.7. The first-order valence-corrected chi connectivity index (χ1v) is 8.13. The molecule has 2 aromatic carbocycles. The molecule has 0 saturated carbocycles. The summed E-state index contributed by atoms with van der Waals surface area (Å²) in [4.78, 5) is 12.4. The lowest BCUT2D eigenvalue weighted by Crippen LogP contribution is -2.14. The minimum absolute atomic E-state index is 0.154. The number of nitrogens with zero attached hydrogens (tertiary/aromatic N) is 2. The molecule has 0 fully saturated rings. The van der Waals surface area contributed by atoms with E-state index in [0.29, 0.717) is 11.3 Å². The second kappa shape index (κ2) is 6.57. The number of nitrogens with one attached hydrogen (secondary N) is 1. The molecule has 0 saturated heterocycles. The highest BCUT2D eigenvalue weighted by Gasteiger charge is 2.16. The van der Waals surface area contributed by atoms with Crippen molar-refractivity contribution in [3.8, 4) is 5.69 Å². The number of benzene rings is 2. The summed E-state index contributed by atoms with van der Waals surface area (Å²) in [6.07, 6.45) is 1.48. The molecule has 1 aromatic heterocycles. The Balaban J connectivity index is 1.87. The maximum Gasteiger partial charge on any atom is 0.259 e. The van der Waals surface area contributed by atoms with Crippen LogP contribution < -0.4 is 5.32 Å². The van der Waals surface area contributed by atoms with E-state index in [1.165, 1.54) is 12.3 Å². The summed E-state index contributed by atoms with van der Waals surface area (Å²) in [5.74, 6) is -0.847. The molecule has 3 aromatic rings. The van der Waals surface area contributed by atoms with Gasteiger partial charge in [0.2, 0.25) is 0 Å². The molecule has 0 aliphatic rings. The number of carbonyl (C=O) groups excluding carboxylic acids is 1. The predicted octanol–water partition coefficient (Wildman–Crippen LogP) is 4.64. The van der Waals surface area contributed by atoms with E-state index in [9.17, 15) is 9.18 Å². The topological polar surface area (TPSA) is 46.9 Å². The van der Waals surface area contributed by atoms with Crippen LogP contribution >= 0.6 is 15.9 Å². The quantitative estimate of drug-likeness (QED) is 0.711. The zero-order valence-electron chi connectivity index (χ0n) is 13.2. The van der Waals surface area contributed by atoms with Crippen LogP contribution in [0.15, 0.2) is 53.1 Å². The van der Waals surface area contributed by atoms with Crippen molar-refractivity contribution in [2.75, 3.05) is 5.32 Å². The van der Waals surface area contributed by atoms with E-state index >= 15 is 0 Å². The lowest BCUT2D eigenvalue weighted by molar-refractivity contribution is 0.102. The van der Waals surface area contributed by atoms with E-state index in [0.717, 1.165) is 15.7 Å². The Morgan fingerprint density at radius 3 is 2.54 bits per heavy atom. The largest absolute Gasteiger partial charge is 0.319 e. The molecule has 0 radical (unpaired) electrons. The fourth-order valence-electron chi connectivity index (χ4n) is 2.39. The Labute approximate surface area is 147 Å². The first-order chi connectivity index (χ1) is 11.5. The molecule has 24 heavy (non-hydrogen) atoms. The molecule has 3 rings (SSSR count). The van der Waals surface area contributed by atoms with Crippen molar-refractivity contribution >= 4 is 27.5 Å². The smallest absolute Gasteiger partial charge is 0.259 e. The van der Waals surface area contributed by atoms with Crippen molar-refractivity contribution in [2.45, 2.75) is 13.8 Å². The number of halogens is 2. The van der Waals surface area contributed by atoms with Gasteiger partial charge < -0.3 is 5.32 Å². The van der Waals surface area contributed by atoms with E-state index in [2.05, 4.69) is 26.3 Å². The van der Waals surface area contributed by atoms with Gasteiger partial charge in [-0.3, -0.25) is 4.79 Å². The van der Waals surface area contributed by atoms with Crippen LogP contribution in [0.1, 0.15) is 21.6 Å². The third kappa shape index (κ3) is 3.23. The molecular formula is C18H15BrFN3O. The maximum absolute atomic E-state index is 13.9. The Morgan fingerprint density at radius 2 is 1.88 bits per heavy atom. The number of hydrogen-bond donors (Lipinski definition) is 1. The standard InChI is InChI=1S/C18H15BrFN3O/c1-11-3-8-17(16(20)9-11)22-18(24)15-10-21-23(12(15)2)14-6-4-13(19)5-7-14/h3-10H,1-2H3,(H,22,24). The number of aryl methyl sites for hydroxylation is 1. The van der Waals surface area contributed by atoms with Crippen molar-refractivity contribution in [3.05, 3.63) is 75.8 Å². The summed E-state index contributed by atoms with van der Waals surface area (Å²) in [6, 6.07) is 12.3. The molecule has 0 aliphatic carbocycles. The molecule has 1 N–H and O–H groups in total. The SMILES string of the molecule is Cc1ccc(NC(=O)c2cnn(-c3ccc(Br)cc3)c2C)c(F)c1. The Kier molecular flexibility index (Phi) is 4.49. The zero-order chi connectivity index (χ0) is 17.3. The van der Waals surface area contributed by atoms with Gasteiger partial charge in [-0.05, 0) is 55.8 Å². The monoisotopic (exact) mass is 387 g/mol. The molecular weight excluding hydrogens is 373 g/mol. The summed E-state index contributed by atoms with van der Waals surface area (Å²) in [5.41, 5.74) is 2.88. The predicted molar refractivity (Wildman–Crippen MR) is 95.1 cm³/mol. The molecule has 1 heterocycles. The molecule has 0 spiro atoms. The van der Waals surface area contributed by atoms with E-state index < -0.39 is 11.7 Å². The van der Waals surface area contributed by atoms with Gasteiger partial charge in [0.15, 0.2) is 0 Å². The van der Waals surface area contributed by atoms with Gasteiger partial charge in [0.05, 0.1) is 28.8 Å². The third-order valence-electron chi connectivity index (χ3n) is 3.70. The van der Waals surface area contributed by atoms with Gasteiger partial charge >= 0.3 is 0 Å². The summed E-state index contributed by atoms with van der Waals surface area (Å²) >= 11 is 3.38. The molecule has 1 amide bonds. The molecule has 6 heteroatoms. The second-order valence-corrected chi connectivity index (χ2v) is 6.38. The summed E-state index contributed by atoms with van der Waals surface area (Å²) in [5, 5.41) is 6.86. The lowest BCUT2D eigenvalue weighted by Gasteiger charge is -2.08. The highest BCUT2D eigenvalue weighted by Crippen LogP contribution is 2.20. The van der Waals surface area contributed by atoms with Crippen LogP contribution in [0.3, 0.4) is 0 Å². The van der Waals surface area contributed by atoms with Crippen LogP contribution in [0.25, 0.3) is 5.69 Å². The summed E-state index contributed by atoms with van der Waals surface area (Å²) in [7, 11) is 0. The van der Waals surface area contributed by atoms with Gasteiger partial charge in [0.1, 0.15) is 5.82 Å². The first kappa shape index (κ1) is 16.4. The van der Waals surface area contributed by atoms with Gasteiger partial charge in [-0.2, -0.15) is 5.10 Å². The fraction of sp³-hybridized carbons (Fsp3) is 0.111. The van der Waals surface area contributed by atoms with Crippen molar-refractivity contribution in [2.24, 2.45) is 0 Å². The van der Waals surface area contributed by atoms with Gasteiger partial charge in [-0.25, -0.2) is 9.07 Å². The minimum Gasteiger partial charge on any atom is -0.319 e. The van der Waals surface area contributed by atoms with Crippen LogP contribution in [0, 0.1) is 19.7 Å². The fourth-order valence-corrected chi connectivity index (χ4v) is 2.65. The zero-order valence-corrected chi connectivity index (χ0v) is 14.8. The molecule has 0 aliphatic heterocycles. The van der Waals surface area contributed by atoms with Gasteiger partial charge in [0.25, 0.3) is 5.91 Å². The van der Waals surface area contributed by atoms with Crippen LogP contribution in [0.2, 0.25) is 0 Å². The molecule has 0 unspecified atom stereocenters. The molecule has 122 valence electrons. The van der Waals surface area contributed by atoms with Gasteiger partial charge in [-0.15, -0.1) is 0 Å². The van der Waals surface area contributed by atoms with E-state index in [1.807, 2.05) is 24.3 Å². The number of hydrogen-bond acceptors (Lipinski definition) is 2. The first-order valence-electron chi connectivity index (χ1n) is 7.34. The maximum atomic E-state index is 13.9. The highest BCUT2D eigenvalue weighted by atomic mass is 79.9. The average Bonchev–Trinajstić information content (AvgIpc) is 2.92. The molecule has 0 bridgehead atoms. The van der Waals surface area contributed by atoms with E-state index in [1.54, 1.807) is 30.7 Å². The van der Waals surface area contributed by atoms with Crippen molar-refractivity contribution < 1.29 is 9.18 Å². The Bertz CT molecular complexity index is 903. The summed E-state index contributed by atoms with van der Waals surface area (Å²) < 4.78 is 16.5. The van der Waals surface area contributed by atoms with E-state index in [4.69, 9.17) is 0 Å². The number of aromatic nitrogens is 2. The minimum atomic E-state index is -0.457. The van der Waals surface area contributed by atoms with Crippen molar-refractivity contribution in [1.29, 1.82) is 0 Å². The van der Waals surface area contributed by atoms with Crippen LogP contribution in [-0.4, -0.2) is 15.7 Å². The Hall–Kier alpha value is -2.47. The lowest BCUT2D eigenvalue weighted by atomic mass is 10.2. The van der Waals surface area contributed by atoms with Gasteiger partial charge in [0, 0.05) is 4.47 Å². The van der Waals surface area contributed by atoms with Crippen molar-refractivity contribution in [1.82, 2.24) is 9.78 Å². The van der Waals surface area contributed by atoms with Crippen LogP contribution in [0.5, 0.6) is 0 Å². The van der Waals surface area contributed by atoms with Crippen LogP contribution in [-0.2, 0) is 0 Å².